The summed E-state index contributed by atoms with van der Waals surface area (Å²) in [6.45, 7) is 4.74. The average Bonchev–Trinajstić information content (AvgIpc) is 3.53. The molecule has 1 aliphatic heterocycles. The summed E-state index contributed by atoms with van der Waals surface area (Å²) < 4.78 is 10.9. The number of carbonyl (C=O) groups is 1. The first-order valence-corrected chi connectivity index (χ1v) is 13.2. The number of H-pyrrole nitrogens is 1. The number of carbonyl (C=O) groups excluding carboxylic acids is 1. The van der Waals surface area contributed by atoms with Crippen LogP contribution in [0, 0.1) is 0 Å². The molecule has 6 rings (SSSR count). The molecule has 39 heavy (non-hydrogen) atoms. The van der Waals surface area contributed by atoms with Crippen molar-refractivity contribution in [2.75, 3.05) is 50.0 Å². The van der Waals surface area contributed by atoms with E-state index in [2.05, 4.69) is 46.2 Å². The van der Waals surface area contributed by atoms with Crippen LogP contribution in [0.15, 0.2) is 53.1 Å². The predicted octanol–water partition coefficient (Wildman–Crippen LogP) is 3.15. The molecule has 0 spiro atoms. The second-order valence-corrected chi connectivity index (χ2v) is 9.68. The van der Waals surface area contributed by atoms with Crippen molar-refractivity contribution in [3.8, 4) is 11.3 Å². The molecular formula is C27H31N9O3. The fourth-order valence-electron chi connectivity index (χ4n) is 4.39. The van der Waals surface area contributed by atoms with E-state index in [1.54, 1.807) is 6.07 Å². The molecule has 2 aliphatic rings. The Morgan fingerprint density at radius 3 is 2.72 bits per heavy atom. The van der Waals surface area contributed by atoms with Gasteiger partial charge in [0.15, 0.2) is 11.6 Å². The summed E-state index contributed by atoms with van der Waals surface area (Å²) in [6, 6.07) is 15.3. The maximum absolute atomic E-state index is 13.0. The molecule has 2 fully saturated rings. The van der Waals surface area contributed by atoms with E-state index in [-0.39, 0.29) is 17.5 Å². The highest BCUT2D eigenvalue weighted by molar-refractivity contribution is 5.93. The predicted molar refractivity (Wildman–Crippen MR) is 145 cm³/mol. The Hall–Kier alpha value is -4.29. The van der Waals surface area contributed by atoms with Gasteiger partial charge in [0, 0.05) is 61.6 Å². The van der Waals surface area contributed by atoms with Crippen molar-refractivity contribution in [2.24, 2.45) is 0 Å². The van der Waals surface area contributed by atoms with Crippen LogP contribution < -0.4 is 16.0 Å². The van der Waals surface area contributed by atoms with Crippen LogP contribution in [0.2, 0.25) is 0 Å². The van der Waals surface area contributed by atoms with Gasteiger partial charge >= 0.3 is 0 Å². The Morgan fingerprint density at radius 1 is 1.05 bits per heavy atom. The van der Waals surface area contributed by atoms with Crippen LogP contribution in [0.5, 0.6) is 0 Å². The number of nitrogens with one attached hydrogen (secondary N) is 4. The number of aromatic amines is 1. The molecule has 1 saturated carbocycles. The van der Waals surface area contributed by atoms with Gasteiger partial charge in [-0.2, -0.15) is 10.1 Å². The van der Waals surface area contributed by atoms with E-state index in [1.165, 1.54) is 12.8 Å². The minimum Gasteiger partial charge on any atom is -0.379 e. The standard InChI is InChI=1S/C27H31N9O3/c37-26(28-8-9-36-10-12-38-13-11-36)23-16-24(31-25-15-21(33-34-25)19-6-7-19)32-27(30-23)29-17-20-14-22(35-39-20)18-4-2-1-3-5-18/h1-5,14-16,19H,6-13,17H2,(H,28,37)(H3,29,30,31,32,33,34). The quantitative estimate of drug-likeness (QED) is 0.228. The Balaban J connectivity index is 1.15. The average molecular weight is 530 g/mol. The van der Waals surface area contributed by atoms with E-state index in [9.17, 15) is 4.79 Å². The lowest BCUT2D eigenvalue weighted by Crippen LogP contribution is -2.41. The largest absolute Gasteiger partial charge is 0.379 e. The van der Waals surface area contributed by atoms with Crippen LogP contribution in [-0.2, 0) is 11.3 Å². The van der Waals surface area contributed by atoms with Crippen molar-refractivity contribution in [3.63, 3.8) is 0 Å². The van der Waals surface area contributed by atoms with Gasteiger partial charge in [-0.25, -0.2) is 4.98 Å². The highest BCUT2D eigenvalue weighted by Gasteiger charge is 2.25. The molecule has 0 unspecified atom stereocenters. The van der Waals surface area contributed by atoms with Crippen LogP contribution >= 0.6 is 0 Å². The first-order valence-electron chi connectivity index (χ1n) is 13.2. The van der Waals surface area contributed by atoms with E-state index in [4.69, 9.17) is 9.26 Å². The van der Waals surface area contributed by atoms with Crippen LogP contribution in [0.4, 0.5) is 17.6 Å². The van der Waals surface area contributed by atoms with Gasteiger partial charge in [-0.1, -0.05) is 35.5 Å². The molecule has 12 heteroatoms. The molecule has 4 aromatic rings. The van der Waals surface area contributed by atoms with Crippen molar-refractivity contribution in [1.82, 2.24) is 35.5 Å². The van der Waals surface area contributed by atoms with Gasteiger partial charge in [0.25, 0.3) is 5.91 Å². The monoisotopic (exact) mass is 529 g/mol. The lowest BCUT2D eigenvalue weighted by atomic mass is 10.1. The number of nitrogens with zero attached hydrogens (tertiary/aromatic N) is 5. The molecule has 4 heterocycles. The van der Waals surface area contributed by atoms with E-state index in [0.29, 0.717) is 36.4 Å². The maximum Gasteiger partial charge on any atom is 0.270 e. The molecule has 0 atom stereocenters. The summed E-state index contributed by atoms with van der Waals surface area (Å²) in [6.07, 6.45) is 2.34. The van der Waals surface area contributed by atoms with Crippen LogP contribution in [-0.4, -0.2) is 75.5 Å². The lowest BCUT2D eigenvalue weighted by molar-refractivity contribution is 0.0383. The zero-order valence-corrected chi connectivity index (χ0v) is 21.5. The Labute approximate surface area is 225 Å². The van der Waals surface area contributed by atoms with Gasteiger partial charge in [-0.05, 0) is 12.8 Å². The number of aromatic nitrogens is 5. The number of benzene rings is 1. The zero-order valence-electron chi connectivity index (χ0n) is 21.5. The number of rotatable bonds is 11. The fourth-order valence-corrected chi connectivity index (χ4v) is 4.39. The summed E-state index contributed by atoms with van der Waals surface area (Å²) in [5, 5.41) is 20.9. The zero-order chi connectivity index (χ0) is 26.4. The summed E-state index contributed by atoms with van der Waals surface area (Å²) in [4.78, 5) is 24.3. The molecule has 202 valence electrons. The summed E-state index contributed by atoms with van der Waals surface area (Å²) in [5.41, 5.74) is 3.06. The molecule has 3 aromatic heterocycles. The molecular weight excluding hydrogens is 498 g/mol. The maximum atomic E-state index is 13.0. The molecule has 0 bridgehead atoms. The number of amides is 1. The SMILES string of the molecule is O=C(NCCN1CCOCC1)c1cc(Nc2cc(C3CC3)[nH]n2)nc(NCc2cc(-c3ccccc3)no2)n1. The molecule has 4 N–H and O–H groups in total. The highest BCUT2D eigenvalue weighted by Crippen LogP contribution is 2.39. The number of anilines is 3. The summed E-state index contributed by atoms with van der Waals surface area (Å²) >= 11 is 0. The second kappa shape index (κ2) is 11.6. The topological polar surface area (TPSA) is 146 Å². The van der Waals surface area contributed by atoms with Crippen molar-refractivity contribution < 1.29 is 14.1 Å². The third-order valence-electron chi connectivity index (χ3n) is 6.70. The lowest BCUT2D eigenvalue weighted by Gasteiger charge is -2.26. The van der Waals surface area contributed by atoms with Gasteiger partial charge < -0.3 is 25.2 Å². The van der Waals surface area contributed by atoms with Crippen LogP contribution in [0.25, 0.3) is 11.3 Å². The van der Waals surface area contributed by atoms with Crippen LogP contribution in [0.3, 0.4) is 0 Å². The minimum absolute atomic E-state index is 0.248. The summed E-state index contributed by atoms with van der Waals surface area (Å²) in [7, 11) is 0. The van der Waals surface area contributed by atoms with E-state index in [0.717, 1.165) is 49.8 Å². The van der Waals surface area contributed by atoms with E-state index >= 15 is 0 Å². The van der Waals surface area contributed by atoms with Gasteiger partial charge in [0.1, 0.15) is 17.2 Å². The molecule has 12 nitrogen and oxygen atoms in total. The Bertz CT molecular complexity index is 1390. The summed E-state index contributed by atoms with van der Waals surface area (Å²) in [5.74, 6) is 2.28. The number of hydrogen-bond donors (Lipinski definition) is 4. The van der Waals surface area contributed by atoms with Crippen molar-refractivity contribution in [1.29, 1.82) is 0 Å². The smallest absolute Gasteiger partial charge is 0.270 e. The number of ether oxygens (including phenoxy) is 1. The molecule has 1 aliphatic carbocycles. The van der Waals surface area contributed by atoms with Crippen molar-refractivity contribution >= 4 is 23.5 Å². The van der Waals surface area contributed by atoms with E-state index in [1.807, 2.05) is 42.5 Å². The first kappa shape index (κ1) is 25.0. The van der Waals surface area contributed by atoms with Gasteiger partial charge in [0.05, 0.1) is 19.8 Å². The Morgan fingerprint density at radius 2 is 1.90 bits per heavy atom. The molecule has 0 radical (unpaired) electrons. The normalized spacial score (nSPS) is 15.7. The molecule has 1 saturated heterocycles. The molecule has 1 aromatic carbocycles. The van der Waals surface area contributed by atoms with Crippen molar-refractivity contribution in [2.45, 2.75) is 25.3 Å². The Kier molecular flexibility index (Phi) is 7.45. The second-order valence-electron chi connectivity index (χ2n) is 9.68. The highest BCUT2D eigenvalue weighted by atomic mass is 16.5. The third-order valence-corrected chi connectivity index (χ3v) is 6.70. The van der Waals surface area contributed by atoms with Gasteiger partial charge in [-0.15, -0.1) is 0 Å². The van der Waals surface area contributed by atoms with E-state index < -0.39 is 0 Å². The first-order chi connectivity index (χ1) is 19.2. The fraction of sp³-hybridized carbons (Fsp3) is 0.370. The third kappa shape index (κ3) is 6.59. The van der Waals surface area contributed by atoms with Gasteiger partial charge in [-0.3, -0.25) is 14.8 Å². The number of hydrogen-bond acceptors (Lipinski definition) is 10. The number of morpholine rings is 1. The molecule has 1 amide bonds. The minimum atomic E-state index is -0.275. The van der Waals surface area contributed by atoms with Crippen LogP contribution in [0.1, 0.15) is 40.7 Å². The van der Waals surface area contributed by atoms with Crippen molar-refractivity contribution in [3.05, 3.63) is 65.7 Å². The van der Waals surface area contributed by atoms with Gasteiger partial charge in [0.2, 0.25) is 5.95 Å².